The number of rotatable bonds is 6. The van der Waals surface area contributed by atoms with Crippen molar-refractivity contribution in [3.8, 4) is 0 Å². The van der Waals surface area contributed by atoms with Gasteiger partial charge in [-0.15, -0.1) is 0 Å². The lowest BCUT2D eigenvalue weighted by molar-refractivity contribution is 0.191. The Morgan fingerprint density at radius 3 is 2.30 bits per heavy atom. The van der Waals surface area contributed by atoms with Crippen molar-refractivity contribution >= 4 is 27.4 Å². The third-order valence-electron chi connectivity index (χ3n) is 5.45. The number of carbonyl (C=O) groups excluding carboxylic acids is 1. The molecule has 1 aliphatic heterocycles. The van der Waals surface area contributed by atoms with Crippen LogP contribution in [-0.2, 0) is 16.6 Å². The van der Waals surface area contributed by atoms with Gasteiger partial charge < -0.3 is 4.90 Å². The molecule has 6 nitrogen and oxygen atoms in total. The van der Waals surface area contributed by atoms with Gasteiger partial charge in [0.05, 0.1) is 11.4 Å². The summed E-state index contributed by atoms with van der Waals surface area (Å²) in [4.78, 5) is 16.2. The van der Waals surface area contributed by atoms with Gasteiger partial charge in [0.25, 0.3) is 10.0 Å². The van der Waals surface area contributed by atoms with Crippen molar-refractivity contribution in [3.05, 3.63) is 89.5 Å². The molecule has 1 fully saturated rings. The normalized spacial score (nSPS) is 14.5. The zero-order valence-corrected chi connectivity index (χ0v) is 18.8. The number of halogens is 2. The molecule has 1 heterocycles. The number of carbonyl (C=O) groups is 1. The second kappa shape index (κ2) is 9.19. The van der Waals surface area contributed by atoms with E-state index in [2.05, 4.69) is 4.72 Å². The molecule has 0 atom stereocenters. The molecular weight excluding hydrogens is 448 g/mol. The van der Waals surface area contributed by atoms with Gasteiger partial charge in [-0.3, -0.25) is 9.62 Å². The lowest BCUT2D eigenvalue weighted by Gasteiger charge is -2.35. The highest BCUT2D eigenvalue weighted by Crippen LogP contribution is 2.25. The fourth-order valence-electron chi connectivity index (χ4n) is 3.66. The lowest BCUT2D eigenvalue weighted by Crippen LogP contribution is -2.49. The van der Waals surface area contributed by atoms with Crippen molar-refractivity contribution in [1.29, 1.82) is 0 Å². The van der Waals surface area contributed by atoms with Crippen LogP contribution in [0.25, 0.3) is 0 Å². The SMILES string of the molecule is Cc1ccc(S(=O)(=O)Nc2ccc(N3CCCN(Cc4ccc(F)cc4F)C3=O)cc2)cc1. The molecule has 0 bridgehead atoms. The summed E-state index contributed by atoms with van der Waals surface area (Å²) in [5, 5.41) is 0. The van der Waals surface area contributed by atoms with Gasteiger partial charge in [-0.25, -0.2) is 22.0 Å². The quantitative estimate of drug-likeness (QED) is 0.556. The molecule has 1 N–H and O–H groups in total. The monoisotopic (exact) mass is 471 g/mol. The number of nitrogens with one attached hydrogen (secondary N) is 1. The van der Waals surface area contributed by atoms with Gasteiger partial charge in [-0.2, -0.15) is 0 Å². The Kier molecular flexibility index (Phi) is 6.33. The molecule has 9 heteroatoms. The molecule has 1 aliphatic rings. The van der Waals surface area contributed by atoms with Gasteiger partial charge in [-0.05, 0) is 55.8 Å². The largest absolute Gasteiger partial charge is 0.324 e. The van der Waals surface area contributed by atoms with Crippen molar-refractivity contribution in [2.75, 3.05) is 22.7 Å². The summed E-state index contributed by atoms with van der Waals surface area (Å²) in [7, 11) is -3.73. The first-order valence-electron chi connectivity index (χ1n) is 10.4. The predicted molar refractivity (Wildman–Crippen MR) is 123 cm³/mol. The Labute approximate surface area is 191 Å². The first-order valence-corrected chi connectivity index (χ1v) is 11.9. The summed E-state index contributed by atoms with van der Waals surface area (Å²) in [6, 6.07) is 16.0. The predicted octanol–water partition coefficient (Wildman–Crippen LogP) is 4.91. The molecule has 0 spiro atoms. The van der Waals surface area contributed by atoms with Gasteiger partial charge in [-0.1, -0.05) is 23.8 Å². The molecule has 3 aromatic carbocycles. The van der Waals surface area contributed by atoms with Crippen LogP contribution in [0.4, 0.5) is 25.0 Å². The average molecular weight is 472 g/mol. The van der Waals surface area contributed by atoms with E-state index in [0.29, 0.717) is 30.9 Å². The molecule has 3 aromatic rings. The van der Waals surface area contributed by atoms with Crippen LogP contribution in [-0.4, -0.2) is 32.4 Å². The Morgan fingerprint density at radius 1 is 0.939 bits per heavy atom. The van der Waals surface area contributed by atoms with E-state index >= 15 is 0 Å². The van der Waals surface area contributed by atoms with E-state index in [4.69, 9.17) is 0 Å². The zero-order chi connectivity index (χ0) is 23.6. The Morgan fingerprint density at radius 2 is 1.64 bits per heavy atom. The maximum Gasteiger partial charge on any atom is 0.324 e. The Hall–Kier alpha value is -3.46. The summed E-state index contributed by atoms with van der Waals surface area (Å²) in [5.41, 5.74) is 2.17. The Balaban J connectivity index is 1.46. The van der Waals surface area contributed by atoms with E-state index in [1.165, 1.54) is 29.2 Å². The number of sulfonamides is 1. The number of urea groups is 1. The first kappa shape index (κ1) is 22.7. The Bertz CT molecular complexity index is 1260. The van der Waals surface area contributed by atoms with Crippen LogP contribution in [0.1, 0.15) is 17.5 Å². The van der Waals surface area contributed by atoms with Crippen molar-refractivity contribution < 1.29 is 22.0 Å². The maximum atomic E-state index is 14.0. The van der Waals surface area contributed by atoms with Crippen molar-refractivity contribution in [1.82, 2.24) is 4.90 Å². The topological polar surface area (TPSA) is 69.7 Å². The fraction of sp³-hybridized carbons (Fsp3) is 0.208. The van der Waals surface area contributed by atoms with Crippen LogP contribution in [0.15, 0.2) is 71.6 Å². The molecule has 0 aliphatic carbocycles. The molecule has 33 heavy (non-hydrogen) atoms. The minimum Gasteiger partial charge on any atom is -0.320 e. The van der Waals surface area contributed by atoms with Crippen LogP contribution in [0.3, 0.4) is 0 Å². The van der Waals surface area contributed by atoms with Gasteiger partial charge in [0, 0.05) is 36.1 Å². The highest BCUT2D eigenvalue weighted by atomic mass is 32.2. The highest BCUT2D eigenvalue weighted by Gasteiger charge is 2.27. The number of amides is 2. The molecular formula is C24H23F2N3O3S. The third kappa shape index (κ3) is 5.14. The van der Waals surface area contributed by atoms with Crippen molar-refractivity contribution in [2.45, 2.75) is 24.8 Å². The highest BCUT2D eigenvalue weighted by molar-refractivity contribution is 7.92. The summed E-state index contributed by atoms with van der Waals surface area (Å²) in [6.45, 7) is 2.86. The first-order chi connectivity index (χ1) is 15.7. The van der Waals surface area contributed by atoms with Crippen LogP contribution in [0, 0.1) is 18.6 Å². The number of anilines is 2. The summed E-state index contributed by atoms with van der Waals surface area (Å²) in [6.07, 6.45) is 0.677. The van der Waals surface area contributed by atoms with E-state index in [9.17, 15) is 22.0 Å². The molecule has 1 saturated heterocycles. The van der Waals surface area contributed by atoms with Gasteiger partial charge >= 0.3 is 6.03 Å². The maximum absolute atomic E-state index is 14.0. The van der Waals surface area contributed by atoms with E-state index in [1.54, 1.807) is 41.3 Å². The third-order valence-corrected chi connectivity index (χ3v) is 6.85. The second-order valence-electron chi connectivity index (χ2n) is 7.91. The zero-order valence-electron chi connectivity index (χ0n) is 18.0. The van der Waals surface area contributed by atoms with Crippen molar-refractivity contribution in [2.24, 2.45) is 0 Å². The summed E-state index contributed by atoms with van der Waals surface area (Å²) in [5.74, 6) is -1.36. The fourth-order valence-corrected chi connectivity index (χ4v) is 4.72. The number of hydrogen-bond donors (Lipinski definition) is 1. The summed E-state index contributed by atoms with van der Waals surface area (Å²) >= 11 is 0. The number of benzene rings is 3. The second-order valence-corrected chi connectivity index (χ2v) is 9.59. The van der Waals surface area contributed by atoms with Gasteiger partial charge in [0.2, 0.25) is 0 Å². The number of nitrogens with zero attached hydrogens (tertiary/aromatic N) is 2. The molecule has 0 aromatic heterocycles. The van der Waals surface area contributed by atoms with E-state index in [0.717, 1.165) is 11.6 Å². The van der Waals surface area contributed by atoms with E-state index in [1.807, 2.05) is 6.92 Å². The molecule has 0 saturated carbocycles. The van der Waals surface area contributed by atoms with Crippen LogP contribution < -0.4 is 9.62 Å². The van der Waals surface area contributed by atoms with Gasteiger partial charge in [0.15, 0.2) is 0 Å². The van der Waals surface area contributed by atoms with Crippen LogP contribution in [0.2, 0.25) is 0 Å². The number of aryl methyl sites for hydroxylation is 1. The van der Waals surface area contributed by atoms with Crippen molar-refractivity contribution in [3.63, 3.8) is 0 Å². The molecule has 2 amide bonds. The van der Waals surface area contributed by atoms with E-state index < -0.39 is 21.7 Å². The lowest BCUT2D eigenvalue weighted by atomic mass is 10.1. The minimum absolute atomic E-state index is 0.0376. The molecule has 0 radical (unpaired) electrons. The van der Waals surface area contributed by atoms with Crippen LogP contribution in [0.5, 0.6) is 0 Å². The smallest absolute Gasteiger partial charge is 0.320 e. The molecule has 172 valence electrons. The standard InChI is InChI=1S/C24H23F2N3O3S/c1-17-3-11-22(12-4-17)33(31,32)27-20-7-9-21(10-8-20)29-14-2-13-28(24(29)30)16-18-5-6-19(25)15-23(18)26/h3-12,15,27H,2,13-14,16H2,1H3. The number of hydrogen-bond acceptors (Lipinski definition) is 3. The van der Waals surface area contributed by atoms with Gasteiger partial charge in [0.1, 0.15) is 11.6 Å². The molecule has 4 rings (SSSR count). The average Bonchev–Trinajstić information content (AvgIpc) is 2.78. The summed E-state index contributed by atoms with van der Waals surface area (Å²) < 4.78 is 54.9. The molecule has 0 unspecified atom stereocenters. The van der Waals surface area contributed by atoms with E-state index in [-0.39, 0.29) is 23.0 Å². The minimum atomic E-state index is -3.73. The van der Waals surface area contributed by atoms with Crippen LogP contribution >= 0.6 is 0 Å².